The number of aromatic amines is 1. The van der Waals surface area contributed by atoms with Gasteiger partial charge in [0.05, 0.1) is 11.4 Å². The largest absolute Gasteiger partial charge is 0.454 e. The van der Waals surface area contributed by atoms with Crippen LogP contribution in [0.3, 0.4) is 0 Å². The van der Waals surface area contributed by atoms with E-state index in [0.717, 1.165) is 5.56 Å². The standard InChI is InChI=1S/C20H17N3O6/c1-11(12-6-7-15-16(8-12)29-10-28-15)21-17(24)9-27-20(26)18-13-4-2-3-5-14(13)19(25)23-22-18/h2-8,11H,9-10H2,1H3,(H,21,24)(H,23,25)/t11-/m1/s1. The van der Waals surface area contributed by atoms with Gasteiger partial charge in [0.2, 0.25) is 6.79 Å². The number of ether oxygens (including phenoxy) is 3. The maximum atomic E-state index is 12.3. The number of aromatic nitrogens is 2. The van der Waals surface area contributed by atoms with Gasteiger partial charge in [0.1, 0.15) is 0 Å². The molecule has 0 radical (unpaired) electrons. The van der Waals surface area contributed by atoms with Crippen LogP contribution in [0.4, 0.5) is 0 Å². The van der Waals surface area contributed by atoms with E-state index in [4.69, 9.17) is 14.2 Å². The van der Waals surface area contributed by atoms with Gasteiger partial charge in [-0.25, -0.2) is 9.89 Å². The van der Waals surface area contributed by atoms with Crippen LogP contribution in [0, 0.1) is 0 Å². The first-order chi connectivity index (χ1) is 14.0. The summed E-state index contributed by atoms with van der Waals surface area (Å²) in [6.07, 6.45) is 0. The number of carbonyl (C=O) groups is 2. The molecule has 9 nitrogen and oxygen atoms in total. The van der Waals surface area contributed by atoms with Gasteiger partial charge in [0, 0.05) is 5.39 Å². The summed E-state index contributed by atoms with van der Waals surface area (Å²) in [4.78, 5) is 36.3. The number of nitrogens with one attached hydrogen (secondary N) is 2. The zero-order valence-electron chi connectivity index (χ0n) is 15.4. The summed E-state index contributed by atoms with van der Waals surface area (Å²) in [5.41, 5.74) is 0.353. The van der Waals surface area contributed by atoms with E-state index in [9.17, 15) is 14.4 Å². The molecule has 1 amide bonds. The molecule has 0 saturated heterocycles. The Balaban J connectivity index is 1.39. The van der Waals surface area contributed by atoms with Crippen molar-refractivity contribution in [2.24, 2.45) is 0 Å². The summed E-state index contributed by atoms with van der Waals surface area (Å²) in [5.74, 6) is -0.00605. The Kier molecular flexibility index (Phi) is 4.86. The molecule has 0 unspecified atom stereocenters. The fraction of sp³-hybridized carbons (Fsp3) is 0.200. The lowest BCUT2D eigenvalue weighted by molar-refractivity contribution is -0.124. The molecule has 0 saturated carbocycles. The van der Waals surface area contributed by atoms with Gasteiger partial charge in [0.15, 0.2) is 23.8 Å². The molecule has 0 fully saturated rings. The molecule has 0 aliphatic carbocycles. The molecule has 4 rings (SSSR count). The number of hydrogen-bond acceptors (Lipinski definition) is 7. The second kappa shape index (κ2) is 7.63. The van der Waals surface area contributed by atoms with Crippen molar-refractivity contribution in [2.45, 2.75) is 13.0 Å². The molecule has 29 heavy (non-hydrogen) atoms. The van der Waals surface area contributed by atoms with E-state index in [1.54, 1.807) is 43.3 Å². The molecule has 1 aliphatic heterocycles. The third kappa shape index (κ3) is 3.75. The number of benzene rings is 2. The third-order valence-electron chi connectivity index (χ3n) is 4.50. The van der Waals surface area contributed by atoms with Crippen molar-refractivity contribution >= 4 is 22.6 Å². The lowest BCUT2D eigenvalue weighted by Crippen LogP contribution is -2.31. The van der Waals surface area contributed by atoms with Crippen LogP contribution in [0.1, 0.15) is 29.0 Å². The van der Waals surface area contributed by atoms with Gasteiger partial charge in [-0.1, -0.05) is 24.3 Å². The molecule has 2 heterocycles. The number of nitrogens with zero attached hydrogens (tertiary/aromatic N) is 1. The van der Waals surface area contributed by atoms with Crippen molar-refractivity contribution < 1.29 is 23.8 Å². The quantitative estimate of drug-likeness (QED) is 0.631. The molecule has 148 valence electrons. The van der Waals surface area contributed by atoms with Gasteiger partial charge in [-0.05, 0) is 30.7 Å². The number of fused-ring (bicyclic) bond motifs is 2. The summed E-state index contributed by atoms with van der Waals surface area (Å²) in [6.45, 7) is 1.49. The Labute approximate surface area is 164 Å². The highest BCUT2D eigenvalue weighted by molar-refractivity contribution is 6.02. The first kappa shape index (κ1) is 18.5. The molecule has 2 N–H and O–H groups in total. The van der Waals surface area contributed by atoms with Crippen LogP contribution in [0.5, 0.6) is 11.5 Å². The topological polar surface area (TPSA) is 120 Å². The maximum Gasteiger partial charge on any atom is 0.359 e. The number of H-pyrrole nitrogens is 1. The second-order valence-electron chi connectivity index (χ2n) is 6.42. The molecular weight excluding hydrogens is 378 g/mol. The molecule has 3 aromatic rings. The fourth-order valence-corrected chi connectivity index (χ4v) is 3.02. The molecule has 1 aliphatic rings. The van der Waals surface area contributed by atoms with E-state index >= 15 is 0 Å². The lowest BCUT2D eigenvalue weighted by atomic mass is 10.1. The van der Waals surface area contributed by atoms with Gasteiger partial charge >= 0.3 is 5.97 Å². The highest BCUT2D eigenvalue weighted by atomic mass is 16.7. The van der Waals surface area contributed by atoms with Crippen molar-refractivity contribution in [3.63, 3.8) is 0 Å². The zero-order valence-corrected chi connectivity index (χ0v) is 15.4. The normalized spacial score (nSPS) is 13.1. The SMILES string of the molecule is C[C@@H](NC(=O)COC(=O)c1n[nH]c(=O)c2ccccc12)c1ccc2c(c1)OCO2. The van der Waals surface area contributed by atoms with Gasteiger partial charge in [-0.15, -0.1) is 0 Å². The van der Waals surface area contributed by atoms with Crippen LogP contribution in [0.25, 0.3) is 10.8 Å². The van der Waals surface area contributed by atoms with Crippen molar-refractivity contribution in [1.29, 1.82) is 0 Å². The average Bonchev–Trinajstić information content (AvgIpc) is 3.20. The molecule has 2 aromatic carbocycles. The van der Waals surface area contributed by atoms with E-state index in [0.29, 0.717) is 22.3 Å². The van der Waals surface area contributed by atoms with Gasteiger partial charge in [-0.2, -0.15) is 5.10 Å². The van der Waals surface area contributed by atoms with Crippen molar-refractivity contribution in [1.82, 2.24) is 15.5 Å². The van der Waals surface area contributed by atoms with Gasteiger partial charge < -0.3 is 19.5 Å². The zero-order chi connectivity index (χ0) is 20.4. The van der Waals surface area contributed by atoms with E-state index in [1.807, 2.05) is 6.07 Å². The summed E-state index contributed by atoms with van der Waals surface area (Å²) >= 11 is 0. The van der Waals surface area contributed by atoms with E-state index in [-0.39, 0.29) is 18.5 Å². The lowest BCUT2D eigenvalue weighted by Gasteiger charge is -2.15. The number of rotatable bonds is 5. The Hall–Kier alpha value is -3.88. The van der Waals surface area contributed by atoms with Crippen LogP contribution < -0.4 is 20.3 Å². The Morgan fingerprint density at radius 2 is 1.93 bits per heavy atom. The monoisotopic (exact) mass is 395 g/mol. The number of esters is 1. The van der Waals surface area contributed by atoms with Crippen LogP contribution in [-0.2, 0) is 9.53 Å². The van der Waals surface area contributed by atoms with Crippen molar-refractivity contribution in [3.8, 4) is 11.5 Å². The van der Waals surface area contributed by atoms with E-state index in [2.05, 4.69) is 15.5 Å². The highest BCUT2D eigenvalue weighted by Gasteiger charge is 2.19. The number of carbonyl (C=O) groups excluding carboxylic acids is 2. The first-order valence-corrected chi connectivity index (χ1v) is 8.86. The predicted molar refractivity (Wildman–Crippen MR) is 102 cm³/mol. The van der Waals surface area contributed by atoms with Crippen LogP contribution in [0.15, 0.2) is 47.3 Å². The Morgan fingerprint density at radius 1 is 1.17 bits per heavy atom. The van der Waals surface area contributed by atoms with Gasteiger partial charge in [0.25, 0.3) is 11.5 Å². The molecule has 1 atom stereocenters. The molecular formula is C20H17N3O6. The van der Waals surface area contributed by atoms with Crippen molar-refractivity contribution in [2.75, 3.05) is 13.4 Å². The Morgan fingerprint density at radius 3 is 2.76 bits per heavy atom. The first-order valence-electron chi connectivity index (χ1n) is 8.86. The molecule has 1 aromatic heterocycles. The third-order valence-corrected chi connectivity index (χ3v) is 4.50. The fourth-order valence-electron chi connectivity index (χ4n) is 3.02. The molecule has 9 heteroatoms. The molecule has 0 spiro atoms. The Bertz CT molecular complexity index is 1160. The molecule has 0 bridgehead atoms. The second-order valence-corrected chi connectivity index (χ2v) is 6.42. The van der Waals surface area contributed by atoms with E-state index < -0.39 is 24.0 Å². The summed E-state index contributed by atoms with van der Waals surface area (Å²) in [6, 6.07) is 11.6. The van der Waals surface area contributed by atoms with Crippen LogP contribution in [0.2, 0.25) is 0 Å². The smallest absolute Gasteiger partial charge is 0.359 e. The van der Waals surface area contributed by atoms with E-state index in [1.165, 1.54) is 0 Å². The average molecular weight is 395 g/mol. The predicted octanol–water partition coefficient (Wildman–Crippen LogP) is 1.69. The van der Waals surface area contributed by atoms with Crippen molar-refractivity contribution in [3.05, 3.63) is 64.1 Å². The highest BCUT2D eigenvalue weighted by Crippen LogP contribution is 2.34. The minimum absolute atomic E-state index is 0.0585. The van der Waals surface area contributed by atoms with Crippen LogP contribution >= 0.6 is 0 Å². The van der Waals surface area contributed by atoms with Gasteiger partial charge in [-0.3, -0.25) is 9.59 Å². The minimum Gasteiger partial charge on any atom is -0.454 e. The summed E-state index contributed by atoms with van der Waals surface area (Å²) in [7, 11) is 0. The number of amides is 1. The maximum absolute atomic E-state index is 12.3. The number of hydrogen-bond donors (Lipinski definition) is 2. The minimum atomic E-state index is -0.802. The summed E-state index contributed by atoms with van der Waals surface area (Å²) < 4.78 is 15.7. The summed E-state index contributed by atoms with van der Waals surface area (Å²) in [5, 5.41) is 9.43. The van der Waals surface area contributed by atoms with Crippen LogP contribution in [-0.4, -0.2) is 35.5 Å².